The van der Waals surface area contributed by atoms with E-state index >= 15 is 0 Å². The molecule has 29 heavy (non-hydrogen) atoms. The molecule has 150 valence electrons. The molecule has 7 heteroatoms. The Labute approximate surface area is 178 Å². The van der Waals surface area contributed by atoms with Gasteiger partial charge in [0.05, 0.1) is 18.8 Å². The van der Waals surface area contributed by atoms with Crippen molar-refractivity contribution < 1.29 is 14.3 Å². The first-order chi connectivity index (χ1) is 14.1. The fourth-order valence-corrected chi connectivity index (χ4v) is 4.24. The number of aromatic amines is 1. The highest BCUT2D eigenvalue weighted by molar-refractivity contribution is 9.10. The van der Waals surface area contributed by atoms with Gasteiger partial charge in [0.2, 0.25) is 0 Å². The van der Waals surface area contributed by atoms with E-state index in [0.29, 0.717) is 18.8 Å². The van der Waals surface area contributed by atoms with Crippen LogP contribution in [0.15, 0.2) is 53.0 Å². The molecule has 1 aliphatic rings. The predicted octanol–water partition coefficient (Wildman–Crippen LogP) is 4.43. The molecule has 0 saturated carbocycles. The van der Waals surface area contributed by atoms with Gasteiger partial charge in [0.15, 0.2) is 0 Å². The Morgan fingerprint density at radius 2 is 2.00 bits per heavy atom. The van der Waals surface area contributed by atoms with Gasteiger partial charge in [-0.15, -0.1) is 0 Å². The number of nitrogens with zero attached hydrogens (tertiary/aromatic N) is 2. The molecule has 0 spiro atoms. The van der Waals surface area contributed by atoms with E-state index < -0.39 is 0 Å². The van der Waals surface area contributed by atoms with Crippen LogP contribution in [0.2, 0.25) is 0 Å². The molecule has 0 fully saturated rings. The highest BCUT2D eigenvalue weighted by atomic mass is 79.9. The van der Waals surface area contributed by atoms with Crippen LogP contribution in [0.4, 0.5) is 0 Å². The van der Waals surface area contributed by atoms with Crippen molar-refractivity contribution in [3.63, 3.8) is 0 Å². The van der Waals surface area contributed by atoms with Gasteiger partial charge in [-0.05, 0) is 36.2 Å². The molecule has 4 rings (SSSR count). The summed E-state index contributed by atoms with van der Waals surface area (Å²) in [4.78, 5) is 15.1. The van der Waals surface area contributed by atoms with E-state index in [1.54, 1.807) is 14.2 Å². The maximum Gasteiger partial charge on any atom is 0.273 e. The van der Waals surface area contributed by atoms with Crippen LogP contribution >= 0.6 is 15.9 Å². The minimum Gasteiger partial charge on any atom is -0.497 e. The van der Waals surface area contributed by atoms with Gasteiger partial charge in [0.25, 0.3) is 5.91 Å². The zero-order valence-electron chi connectivity index (χ0n) is 16.3. The van der Waals surface area contributed by atoms with E-state index in [9.17, 15) is 4.79 Å². The number of methoxy groups -OCH3 is 2. The lowest BCUT2D eigenvalue weighted by Gasteiger charge is -2.26. The lowest BCUT2D eigenvalue weighted by atomic mass is 9.96. The number of ether oxygens (including phenoxy) is 2. The number of H-pyrrole nitrogens is 1. The topological polar surface area (TPSA) is 67.5 Å². The van der Waals surface area contributed by atoms with Gasteiger partial charge >= 0.3 is 0 Å². The Balaban J connectivity index is 1.82. The van der Waals surface area contributed by atoms with E-state index in [1.165, 1.54) is 0 Å². The molecule has 1 N–H and O–H groups in total. The molecule has 2 heterocycles. The molecule has 0 bridgehead atoms. The van der Waals surface area contributed by atoms with Crippen molar-refractivity contribution in [1.82, 2.24) is 15.1 Å². The number of hydrogen-bond donors (Lipinski definition) is 1. The quantitative estimate of drug-likeness (QED) is 0.535. The number of nitrogens with one attached hydrogen (secondary N) is 1. The fraction of sp³-hybridized carbons (Fsp3) is 0.273. The minimum absolute atomic E-state index is 0.0391. The summed E-state index contributed by atoms with van der Waals surface area (Å²) >= 11 is 3.56. The van der Waals surface area contributed by atoms with Crippen LogP contribution in [-0.4, -0.2) is 48.4 Å². The van der Waals surface area contributed by atoms with Crippen molar-refractivity contribution in [3.8, 4) is 17.0 Å². The zero-order valence-corrected chi connectivity index (χ0v) is 17.9. The first-order valence-corrected chi connectivity index (χ1v) is 10.2. The summed E-state index contributed by atoms with van der Waals surface area (Å²) in [6.45, 7) is 1.20. The Morgan fingerprint density at radius 3 is 2.76 bits per heavy atom. The third kappa shape index (κ3) is 3.68. The number of amides is 1. The molecule has 0 saturated heterocycles. The van der Waals surface area contributed by atoms with Crippen molar-refractivity contribution in [3.05, 3.63) is 69.8 Å². The molecule has 1 aliphatic heterocycles. The van der Waals surface area contributed by atoms with E-state index in [2.05, 4.69) is 32.2 Å². The summed E-state index contributed by atoms with van der Waals surface area (Å²) in [6, 6.07) is 15.6. The molecule has 1 unspecified atom stereocenters. The molecular formula is C22H22BrN3O3. The SMILES string of the molecule is COCCCN1C(=O)c2[nH]nc(-c3cccc(OC)c3)c2C1c1cccc(Br)c1. The number of hydrogen-bond acceptors (Lipinski definition) is 4. The van der Waals surface area contributed by atoms with Crippen molar-refractivity contribution in [1.29, 1.82) is 0 Å². The summed E-state index contributed by atoms with van der Waals surface area (Å²) in [5, 5.41) is 7.48. The Morgan fingerprint density at radius 1 is 1.17 bits per heavy atom. The highest BCUT2D eigenvalue weighted by Gasteiger charge is 2.41. The molecule has 6 nitrogen and oxygen atoms in total. The Bertz CT molecular complexity index is 1030. The first kappa shape index (κ1) is 19.7. The lowest BCUT2D eigenvalue weighted by molar-refractivity contribution is 0.0723. The number of carbonyl (C=O) groups excluding carboxylic acids is 1. The molecule has 1 aromatic heterocycles. The molecule has 1 amide bonds. The maximum atomic E-state index is 13.2. The van der Waals surface area contributed by atoms with E-state index in [-0.39, 0.29) is 11.9 Å². The average Bonchev–Trinajstić information content (AvgIpc) is 3.28. The van der Waals surface area contributed by atoms with E-state index in [1.807, 2.05) is 47.4 Å². The monoisotopic (exact) mass is 455 g/mol. The van der Waals surface area contributed by atoms with Crippen LogP contribution in [0, 0.1) is 0 Å². The van der Waals surface area contributed by atoms with Crippen LogP contribution in [-0.2, 0) is 4.74 Å². The summed E-state index contributed by atoms with van der Waals surface area (Å²) in [7, 11) is 3.31. The Kier molecular flexibility index (Phi) is 5.69. The van der Waals surface area contributed by atoms with Crippen LogP contribution in [0.5, 0.6) is 5.75 Å². The second kappa shape index (κ2) is 8.39. The van der Waals surface area contributed by atoms with Crippen LogP contribution in [0.3, 0.4) is 0 Å². The van der Waals surface area contributed by atoms with Gasteiger partial charge in [0, 0.05) is 35.9 Å². The summed E-state index contributed by atoms with van der Waals surface area (Å²) in [6.07, 6.45) is 0.763. The normalized spacial score (nSPS) is 15.6. The van der Waals surface area contributed by atoms with Gasteiger partial charge < -0.3 is 14.4 Å². The largest absolute Gasteiger partial charge is 0.497 e. The van der Waals surface area contributed by atoms with Crippen LogP contribution in [0.1, 0.15) is 34.1 Å². The standard InChI is InChI=1S/C22H22BrN3O3/c1-28-11-5-10-26-21(15-7-3-8-16(23)12-15)18-19(24-25-20(18)22(26)27)14-6-4-9-17(13-14)29-2/h3-4,6-9,12-13,21H,5,10-11H2,1-2H3,(H,24,25). The highest BCUT2D eigenvalue weighted by Crippen LogP contribution is 2.43. The van der Waals surface area contributed by atoms with Gasteiger partial charge in [-0.3, -0.25) is 9.89 Å². The van der Waals surface area contributed by atoms with Gasteiger partial charge in [0.1, 0.15) is 11.4 Å². The van der Waals surface area contributed by atoms with Crippen molar-refractivity contribution in [2.75, 3.05) is 27.4 Å². The number of aromatic nitrogens is 2. The molecule has 2 aromatic carbocycles. The number of fused-ring (bicyclic) bond motifs is 1. The van der Waals surface area contributed by atoms with Crippen molar-refractivity contribution in [2.24, 2.45) is 0 Å². The van der Waals surface area contributed by atoms with Crippen LogP contribution in [0.25, 0.3) is 11.3 Å². The predicted molar refractivity (Wildman–Crippen MR) is 114 cm³/mol. The van der Waals surface area contributed by atoms with E-state index in [4.69, 9.17) is 9.47 Å². The average molecular weight is 456 g/mol. The molecular weight excluding hydrogens is 434 g/mol. The zero-order chi connectivity index (χ0) is 20.4. The van der Waals surface area contributed by atoms with E-state index in [0.717, 1.165) is 39.0 Å². The van der Waals surface area contributed by atoms with Crippen molar-refractivity contribution >= 4 is 21.8 Å². The van der Waals surface area contributed by atoms with Gasteiger partial charge in [-0.2, -0.15) is 5.10 Å². The summed E-state index contributed by atoms with van der Waals surface area (Å²) in [5.41, 5.74) is 4.17. The molecule has 3 aromatic rings. The van der Waals surface area contributed by atoms with Gasteiger partial charge in [-0.25, -0.2) is 0 Å². The minimum atomic E-state index is -0.216. The van der Waals surface area contributed by atoms with Gasteiger partial charge in [-0.1, -0.05) is 40.2 Å². The number of rotatable bonds is 7. The van der Waals surface area contributed by atoms with Crippen molar-refractivity contribution in [2.45, 2.75) is 12.5 Å². The maximum absolute atomic E-state index is 13.2. The number of carbonyl (C=O) groups is 1. The lowest BCUT2D eigenvalue weighted by Crippen LogP contribution is -2.31. The first-order valence-electron chi connectivity index (χ1n) is 9.42. The smallest absolute Gasteiger partial charge is 0.273 e. The molecule has 0 aliphatic carbocycles. The second-order valence-electron chi connectivity index (χ2n) is 6.90. The van der Waals surface area contributed by atoms with Crippen LogP contribution < -0.4 is 4.74 Å². The molecule has 1 atom stereocenters. The fourth-order valence-electron chi connectivity index (χ4n) is 3.82. The third-order valence-corrected chi connectivity index (χ3v) is 5.61. The Hall–Kier alpha value is -2.64. The second-order valence-corrected chi connectivity index (χ2v) is 7.81. The summed E-state index contributed by atoms with van der Waals surface area (Å²) in [5.74, 6) is 0.710. The summed E-state index contributed by atoms with van der Waals surface area (Å²) < 4.78 is 11.5. The number of benzene rings is 2. The third-order valence-electron chi connectivity index (χ3n) is 5.12. The number of halogens is 1. The molecule has 0 radical (unpaired) electrons.